The van der Waals surface area contributed by atoms with Crippen LogP contribution in [0.2, 0.25) is 0 Å². The van der Waals surface area contributed by atoms with Crippen LogP contribution in [0.3, 0.4) is 0 Å². The Bertz CT molecular complexity index is 1070. The van der Waals surface area contributed by atoms with Gasteiger partial charge in [-0.1, -0.05) is 25.1 Å². The third kappa shape index (κ3) is 3.86. The van der Waals surface area contributed by atoms with E-state index in [2.05, 4.69) is 27.9 Å². The van der Waals surface area contributed by atoms with Gasteiger partial charge in [-0.3, -0.25) is 0 Å². The van der Waals surface area contributed by atoms with Crippen molar-refractivity contribution < 1.29 is 9.53 Å². The topological polar surface area (TPSA) is 95.1 Å². The minimum Gasteiger partial charge on any atom is -0.444 e. The Labute approximate surface area is 170 Å². The number of rotatable bonds is 3. The number of carbonyl (C=O) groups excluding carboxylic acids is 1. The minimum atomic E-state index is -0.482. The number of imidazole rings is 1. The number of benzene rings is 1. The fourth-order valence-electron chi connectivity index (χ4n) is 4.19. The molecule has 0 saturated heterocycles. The largest absolute Gasteiger partial charge is 0.444 e. The van der Waals surface area contributed by atoms with E-state index in [1.165, 1.54) is 0 Å². The van der Waals surface area contributed by atoms with Crippen molar-refractivity contribution in [1.29, 1.82) is 0 Å². The SMILES string of the molecule is CC1Cn2c(nc3c(N)nc4ccccc4c32)CC1CCNC(=O)OC(C)(C)C. The number of ether oxygens (including phenoxy) is 1. The molecule has 0 aliphatic carbocycles. The van der Waals surface area contributed by atoms with E-state index in [-0.39, 0.29) is 6.09 Å². The summed E-state index contributed by atoms with van der Waals surface area (Å²) in [5.74, 6) is 2.44. The standard InChI is InChI=1S/C22H29N5O2/c1-13-12-27-17(11-14(13)9-10-24-21(28)29-22(2,3)4)26-18-19(27)15-7-5-6-8-16(15)25-20(18)23/h5-8,13-14H,9-12H2,1-4H3,(H2,23,25)(H,24,28). The van der Waals surface area contributed by atoms with Crippen molar-refractivity contribution in [2.45, 2.75) is 52.7 Å². The number of hydrogen-bond donors (Lipinski definition) is 2. The molecule has 4 rings (SSSR count). The Morgan fingerprint density at radius 1 is 1.31 bits per heavy atom. The zero-order valence-corrected chi connectivity index (χ0v) is 17.5. The summed E-state index contributed by atoms with van der Waals surface area (Å²) < 4.78 is 7.62. The summed E-state index contributed by atoms with van der Waals surface area (Å²) in [5, 5.41) is 3.96. The van der Waals surface area contributed by atoms with Crippen molar-refractivity contribution >= 4 is 33.8 Å². The molecule has 2 unspecified atom stereocenters. The van der Waals surface area contributed by atoms with Crippen LogP contribution in [0.1, 0.15) is 39.9 Å². The van der Waals surface area contributed by atoms with Crippen LogP contribution in [0.4, 0.5) is 10.6 Å². The number of aromatic nitrogens is 3. The summed E-state index contributed by atoms with van der Waals surface area (Å²) in [4.78, 5) is 21.3. The molecule has 0 spiro atoms. The highest BCUT2D eigenvalue weighted by atomic mass is 16.6. The van der Waals surface area contributed by atoms with Crippen molar-refractivity contribution in [1.82, 2.24) is 19.9 Å². The number of carbonyl (C=O) groups is 1. The number of alkyl carbamates (subject to hydrolysis) is 1. The second-order valence-electron chi connectivity index (χ2n) is 9.01. The molecule has 0 fully saturated rings. The van der Waals surface area contributed by atoms with Gasteiger partial charge in [0, 0.05) is 24.9 Å². The van der Waals surface area contributed by atoms with Gasteiger partial charge < -0.3 is 20.4 Å². The Hall–Kier alpha value is -2.83. The average molecular weight is 396 g/mol. The van der Waals surface area contributed by atoms with E-state index in [4.69, 9.17) is 15.5 Å². The number of nitrogen functional groups attached to an aromatic ring is 1. The number of para-hydroxylation sites is 1. The first-order valence-corrected chi connectivity index (χ1v) is 10.2. The van der Waals surface area contributed by atoms with Gasteiger partial charge in [0.15, 0.2) is 5.82 Å². The average Bonchev–Trinajstić information content (AvgIpc) is 3.00. The maximum atomic E-state index is 11.9. The highest BCUT2D eigenvalue weighted by molar-refractivity contribution is 6.06. The summed E-state index contributed by atoms with van der Waals surface area (Å²) in [5.41, 5.74) is 8.51. The number of nitrogens with two attached hydrogens (primary N) is 1. The summed E-state index contributed by atoms with van der Waals surface area (Å²) in [6, 6.07) is 8.07. The number of nitrogens with zero attached hydrogens (tertiary/aromatic N) is 3. The zero-order chi connectivity index (χ0) is 20.8. The molecular formula is C22H29N5O2. The second kappa shape index (κ2) is 7.21. The molecule has 29 heavy (non-hydrogen) atoms. The van der Waals surface area contributed by atoms with Crippen LogP contribution >= 0.6 is 0 Å². The number of anilines is 1. The maximum absolute atomic E-state index is 11.9. The van der Waals surface area contributed by atoms with Gasteiger partial charge >= 0.3 is 6.09 Å². The molecule has 7 nitrogen and oxygen atoms in total. The highest BCUT2D eigenvalue weighted by Gasteiger charge is 2.29. The van der Waals surface area contributed by atoms with Crippen LogP contribution in [0.5, 0.6) is 0 Å². The Balaban J connectivity index is 1.54. The predicted molar refractivity (Wildman–Crippen MR) is 115 cm³/mol. The predicted octanol–water partition coefficient (Wildman–Crippen LogP) is 3.89. The molecule has 154 valence electrons. The first-order valence-electron chi connectivity index (χ1n) is 10.2. The zero-order valence-electron chi connectivity index (χ0n) is 17.5. The lowest BCUT2D eigenvalue weighted by Crippen LogP contribution is -2.35. The number of pyridine rings is 1. The summed E-state index contributed by atoms with van der Waals surface area (Å²) >= 11 is 0. The van der Waals surface area contributed by atoms with Gasteiger partial charge in [0.2, 0.25) is 0 Å². The molecule has 7 heteroatoms. The quantitative estimate of drug-likeness (QED) is 0.701. The number of fused-ring (bicyclic) bond motifs is 5. The van der Waals surface area contributed by atoms with Gasteiger partial charge in [-0.2, -0.15) is 0 Å². The molecule has 1 aliphatic heterocycles. The summed E-state index contributed by atoms with van der Waals surface area (Å²) in [6.07, 6.45) is 1.39. The van der Waals surface area contributed by atoms with Crippen LogP contribution in [0.15, 0.2) is 24.3 Å². The molecular weight excluding hydrogens is 366 g/mol. The van der Waals surface area contributed by atoms with Gasteiger partial charge in [0.25, 0.3) is 0 Å². The minimum absolute atomic E-state index is 0.362. The molecule has 2 atom stereocenters. The molecule has 0 radical (unpaired) electrons. The fraction of sp³-hybridized carbons (Fsp3) is 0.500. The molecule has 0 saturated carbocycles. The van der Waals surface area contributed by atoms with Gasteiger partial charge in [-0.15, -0.1) is 0 Å². The van der Waals surface area contributed by atoms with E-state index in [1.807, 2.05) is 39.0 Å². The van der Waals surface area contributed by atoms with E-state index in [0.29, 0.717) is 24.2 Å². The maximum Gasteiger partial charge on any atom is 0.407 e. The third-order valence-corrected chi connectivity index (χ3v) is 5.59. The first-order chi connectivity index (χ1) is 13.7. The molecule has 1 amide bonds. The molecule has 0 bridgehead atoms. The molecule has 1 aliphatic rings. The Morgan fingerprint density at radius 2 is 2.07 bits per heavy atom. The molecule has 3 aromatic rings. The summed E-state index contributed by atoms with van der Waals surface area (Å²) in [7, 11) is 0. The molecule has 3 heterocycles. The van der Waals surface area contributed by atoms with Crippen LogP contribution in [0, 0.1) is 11.8 Å². The van der Waals surface area contributed by atoms with Gasteiger partial charge in [0.1, 0.15) is 16.9 Å². The number of amides is 1. The molecule has 3 N–H and O–H groups in total. The molecule has 1 aromatic carbocycles. The van der Waals surface area contributed by atoms with E-state index in [1.54, 1.807) is 0 Å². The van der Waals surface area contributed by atoms with Gasteiger partial charge in [-0.25, -0.2) is 14.8 Å². The second-order valence-corrected chi connectivity index (χ2v) is 9.01. The lowest BCUT2D eigenvalue weighted by molar-refractivity contribution is 0.0522. The lowest BCUT2D eigenvalue weighted by Gasteiger charge is -2.30. The lowest BCUT2D eigenvalue weighted by atomic mass is 9.85. The van der Waals surface area contributed by atoms with Crippen molar-refractivity contribution in [2.24, 2.45) is 11.8 Å². The van der Waals surface area contributed by atoms with Crippen molar-refractivity contribution in [3.8, 4) is 0 Å². The van der Waals surface area contributed by atoms with Crippen LogP contribution in [-0.2, 0) is 17.7 Å². The highest BCUT2D eigenvalue weighted by Crippen LogP contribution is 2.35. The van der Waals surface area contributed by atoms with Crippen molar-refractivity contribution in [2.75, 3.05) is 12.3 Å². The van der Waals surface area contributed by atoms with E-state index in [9.17, 15) is 4.79 Å². The molecule has 2 aromatic heterocycles. The number of hydrogen-bond acceptors (Lipinski definition) is 5. The Kier molecular flexibility index (Phi) is 4.84. The van der Waals surface area contributed by atoms with Crippen LogP contribution in [-0.4, -0.2) is 32.8 Å². The van der Waals surface area contributed by atoms with Crippen molar-refractivity contribution in [3.63, 3.8) is 0 Å². The number of nitrogens with one attached hydrogen (secondary N) is 1. The normalized spacial score (nSPS) is 19.3. The van der Waals surface area contributed by atoms with E-state index < -0.39 is 5.60 Å². The van der Waals surface area contributed by atoms with E-state index >= 15 is 0 Å². The smallest absolute Gasteiger partial charge is 0.407 e. The Morgan fingerprint density at radius 3 is 2.83 bits per heavy atom. The third-order valence-electron chi connectivity index (χ3n) is 5.59. The summed E-state index contributed by atoms with van der Waals surface area (Å²) in [6.45, 7) is 9.34. The van der Waals surface area contributed by atoms with Crippen molar-refractivity contribution in [3.05, 3.63) is 30.1 Å². The van der Waals surface area contributed by atoms with Gasteiger partial charge in [-0.05, 0) is 45.1 Å². The van der Waals surface area contributed by atoms with E-state index in [0.717, 1.165) is 47.1 Å². The van der Waals surface area contributed by atoms with Gasteiger partial charge in [0.05, 0.1) is 11.0 Å². The first kappa shape index (κ1) is 19.5. The van der Waals surface area contributed by atoms with Crippen LogP contribution < -0.4 is 11.1 Å². The fourth-order valence-corrected chi connectivity index (χ4v) is 4.19. The monoisotopic (exact) mass is 395 g/mol. The van der Waals surface area contributed by atoms with Crippen LogP contribution in [0.25, 0.3) is 21.9 Å².